The zero-order valence-corrected chi connectivity index (χ0v) is 19.8. The van der Waals surface area contributed by atoms with Crippen LogP contribution in [0, 0.1) is 10.8 Å². The fourth-order valence-electron chi connectivity index (χ4n) is 4.51. The van der Waals surface area contributed by atoms with E-state index in [1.807, 2.05) is 25.7 Å². The molecule has 4 rings (SSSR count). The van der Waals surface area contributed by atoms with Crippen molar-refractivity contribution in [3.8, 4) is 0 Å². The van der Waals surface area contributed by atoms with Gasteiger partial charge in [-0.25, -0.2) is 17.6 Å². The van der Waals surface area contributed by atoms with Gasteiger partial charge < -0.3 is 14.2 Å². The number of likely N-dealkylation sites (tertiary alicyclic amines) is 1. The van der Waals surface area contributed by atoms with Crippen LogP contribution in [-0.4, -0.2) is 106 Å². The summed E-state index contributed by atoms with van der Waals surface area (Å²) in [5.41, 5.74) is -0.742. The monoisotopic (exact) mass is 468 g/mol. The molecule has 0 amide bonds. The maximum atomic E-state index is 13.5. The van der Waals surface area contributed by atoms with Gasteiger partial charge in [0.05, 0.1) is 37.9 Å². The van der Waals surface area contributed by atoms with E-state index in [4.69, 9.17) is 14.2 Å². The number of morpholine rings is 1. The number of rotatable bonds is 10. The highest BCUT2D eigenvalue weighted by Gasteiger charge is 2.71. The van der Waals surface area contributed by atoms with Gasteiger partial charge in [-0.2, -0.15) is 0 Å². The highest BCUT2D eigenvalue weighted by atomic mass is 19.3. The highest BCUT2D eigenvalue weighted by molar-refractivity contribution is 5.11. The van der Waals surface area contributed by atoms with Gasteiger partial charge in [-0.15, -0.1) is 0 Å². The van der Waals surface area contributed by atoms with E-state index in [-0.39, 0.29) is 37.6 Å². The number of nitrogens with zero attached hydrogens (tertiary/aromatic N) is 2. The number of ether oxygens (including phenoxy) is 3. The molecule has 2 saturated heterocycles. The number of alkyl halides is 4. The van der Waals surface area contributed by atoms with Crippen molar-refractivity contribution in [3.63, 3.8) is 0 Å². The first-order valence-corrected chi connectivity index (χ1v) is 12.0. The van der Waals surface area contributed by atoms with E-state index in [2.05, 4.69) is 4.90 Å². The minimum atomic E-state index is -2.56. The molecule has 3 atom stereocenters. The van der Waals surface area contributed by atoms with Gasteiger partial charge in [0.15, 0.2) is 0 Å². The van der Waals surface area contributed by atoms with Crippen molar-refractivity contribution in [2.24, 2.45) is 10.8 Å². The van der Waals surface area contributed by atoms with Crippen LogP contribution in [-0.2, 0) is 14.2 Å². The predicted molar refractivity (Wildman–Crippen MR) is 115 cm³/mol. The van der Waals surface area contributed by atoms with Crippen molar-refractivity contribution >= 4 is 0 Å². The molecular weight excluding hydrogens is 428 g/mol. The molecule has 2 saturated carbocycles. The Labute approximate surface area is 189 Å². The van der Waals surface area contributed by atoms with Crippen LogP contribution < -0.4 is 0 Å². The second-order valence-electron chi connectivity index (χ2n) is 10.3. The molecule has 4 aliphatic rings. The van der Waals surface area contributed by atoms with Crippen molar-refractivity contribution in [1.82, 2.24) is 9.80 Å². The summed E-state index contributed by atoms with van der Waals surface area (Å²) in [6.45, 7) is 11.9. The largest absolute Gasteiger partial charge is 0.381 e. The van der Waals surface area contributed by atoms with Gasteiger partial charge in [0.25, 0.3) is 5.92 Å². The third-order valence-corrected chi connectivity index (χ3v) is 6.92. The number of hydrogen-bond donors (Lipinski definition) is 0. The lowest BCUT2D eigenvalue weighted by molar-refractivity contribution is -0.0401. The zero-order chi connectivity index (χ0) is 23.4. The maximum absolute atomic E-state index is 13.5. The minimum Gasteiger partial charge on any atom is -0.381 e. The molecule has 2 aliphatic heterocycles. The number of hydrogen-bond acceptors (Lipinski definition) is 5. The molecule has 2 aliphatic carbocycles. The van der Waals surface area contributed by atoms with Crippen LogP contribution in [0.15, 0.2) is 0 Å². The first-order chi connectivity index (χ1) is 15.1. The van der Waals surface area contributed by atoms with Gasteiger partial charge in [0.1, 0.15) is 12.3 Å². The Balaban J connectivity index is 0.000000182. The third kappa shape index (κ3) is 7.01. The predicted octanol–water partition coefficient (Wildman–Crippen LogP) is 3.56. The lowest BCUT2D eigenvalue weighted by Gasteiger charge is -2.30. The van der Waals surface area contributed by atoms with Crippen LogP contribution >= 0.6 is 0 Å². The summed E-state index contributed by atoms with van der Waals surface area (Å²) in [7, 11) is 0. The van der Waals surface area contributed by atoms with E-state index < -0.39 is 23.7 Å². The normalized spacial score (nSPS) is 33.8. The van der Waals surface area contributed by atoms with E-state index in [1.54, 1.807) is 0 Å². The maximum Gasteiger partial charge on any atom is 0.258 e. The molecule has 0 bridgehead atoms. The summed E-state index contributed by atoms with van der Waals surface area (Å²) in [4.78, 5) is 3.97. The molecule has 0 aromatic carbocycles. The summed E-state index contributed by atoms with van der Waals surface area (Å²) < 4.78 is 69.0. The van der Waals surface area contributed by atoms with Crippen LogP contribution in [0.25, 0.3) is 0 Å². The quantitative estimate of drug-likeness (QED) is 0.458. The topological polar surface area (TPSA) is 34.2 Å². The van der Waals surface area contributed by atoms with Gasteiger partial charge in [-0.05, 0) is 33.6 Å². The molecule has 0 aromatic heterocycles. The van der Waals surface area contributed by atoms with Gasteiger partial charge in [-0.3, -0.25) is 9.80 Å². The SMILES string of the molecule is CC(C)OCC1(CN2CCOCC2)CC1(F)F.CCOCC1(CN2CC(F)C(F)C2)CC1. The standard InChI is InChI=1S/C12H21F2NO2.C11H19F2NO/c1-10(2)17-9-11(7-12(11,13)14)8-15-3-5-16-6-4-15;1-2-15-8-11(3-4-11)7-14-5-9(12)10(13)6-14/h10H,3-9H2,1-2H3;9-10H,2-8H2,1H3. The Hall–Kier alpha value is -0.480. The Morgan fingerprint density at radius 1 is 0.969 bits per heavy atom. The van der Waals surface area contributed by atoms with Crippen molar-refractivity contribution in [3.05, 3.63) is 0 Å². The summed E-state index contributed by atoms with van der Waals surface area (Å²) in [5, 5.41) is 0. The first-order valence-electron chi connectivity index (χ1n) is 12.0. The Bertz CT molecular complexity index is 578. The van der Waals surface area contributed by atoms with E-state index in [9.17, 15) is 17.6 Å². The molecule has 32 heavy (non-hydrogen) atoms. The summed E-state index contributed by atoms with van der Waals surface area (Å²) in [6, 6.07) is 0. The van der Waals surface area contributed by atoms with Crippen molar-refractivity contribution < 1.29 is 31.8 Å². The molecule has 0 radical (unpaired) electrons. The van der Waals surface area contributed by atoms with Gasteiger partial charge >= 0.3 is 0 Å². The van der Waals surface area contributed by atoms with Crippen LogP contribution in [0.4, 0.5) is 17.6 Å². The molecule has 0 N–H and O–H groups in total. The van der Waals surface area contributed by atoms with Gasteiger partial charge in [0, 0.05) is 57.7 Å². The van der Waals surface area contributed by atoms with Crippen LogP contribution in [0.5, 0.6) is 0 Å². The molecule has 0 spiro atoms. The summed E-state index contributed by atoms with van der Waals surface area (Å²) in [5.74, 6) is -2.56. The summed E-state index contributed by atoms with van der Waals surface area (Å²) in [6.07, 6.45) is -0.326. The second-order valence-corrected chi connectivity index (χ2v) is 10.3. The van der Waals surface area contributed by atoms with Gasteiger partial charge in [-0.1, -0.05) is 0 Å². The Morgan fingerprint density at radius 3 is 2.03 bits per heavy atom. The van der Waals surface area contributed by atoms with Crippen LogP contribution in [0.1, 0.15) is 40.0 Å². The van der Waals surface area contributed by atoms with E-state index in [0.717, 1.165) is 45.7 Å². The van der Waals surface area contributed by atoms with Crippen molar-refractivity contribution in [1.29, 1.82) is 0 Å². The van der Waals surface area contributed by atoms with Crippen LogP contribution in [0.2, 0.25) is 0 Å². The average molecular weight is 469 g/mol. The summed E-state index contributed by atoms with van der Waals surface area (Å²) >= 11 is 0. The van der Waals surface area contributed by atoms with E-state index in [1.165, 1.54) is 0 Å². The molecule has 9 heteroatoms. The molecule has 4 fully saturated rings. The molecule has 2 heterocycles. The average Bonchev–Trinajstić information content (AvgIpc) is 3.58. The van der Waals surface area contributed by atoms with Crippen LogP contribution in [0.3, 0.4) is 0 Å². The molecule has 5 nitrogen and oxygen atoms in total. The lowest BCUT2D eigenvalue weighted by Crippen LogP contribution is -2.42. The smallest absolute Gasteiger partial charge is 0.258 e. The minimum absolute atomic E-state index is 0.00737. The highest BCUT2D eigenvalue weighted by Crippen LogP contribution is 2.61. The zero-order valence-electron chi connectivity index (χ0n) is 19.8. The van der Waals surface area contributed by atoms with E-state index in [0.29, 0.717) is 19.8 Å². The van der Waals surface area contributed by atoms with Gasteiger partial charge in [0.2, 0.25) is 0 Å². The van der Waals surface area contributed by atoms with Crippen molar-refractivity contribution in [2.45, 2.75) is 64.4 Å². The fraction of sp³-hybridized carbons (Fsp3) is 1.00. The molecular formula is C23H40F4N2O3. The van der Waals surface area contributed by atoms with Crippen molar-refractivity contribution in [2.75, 3.05) is 72.3 Å². The van der Waals surface area contributed by atoms with E-state index >= 15 is 0 Å². The second kappa shape index (κ2) is 10.8. The lowest BCUT2D eigenvalue weighted by atomic mass is 10.1. The number of halogens is 4. The fourth-order valence-corrected chi connectivity index (χ4v) is 4.51. The first kappa shape index (κ1) is 26.1. The molecule has 3 unspecified atom stereocenters. The molecule has 188 valence electrons. The molecule has 0 aromatic rings. The third-order valence-electron chi connectivity index (χ3n) is 6.92. The Morgan fingerprint density at radius 2 is 1.56 bits per heavy atom. The Kier molecular flexibility index (Phi) is 8.86.